The van der Waals surface area contributed by atoms with Crippen molar-refractivity contribution in [2.45, 2.75) is 24.8 Å². The number of halogens is 2. The average Bonchev–Trinajstić information content (AvgIpc) is 2.68. The second kappa shape index (κ2) is 6.05. The minimum atomic E-state index is -2.56. The lowest BCUT2D eigenvalue weighted by Gasteiger charge is -2.20. The summed E-state index contributed by atoms with van der Waals surface area (Å²) in [6, 6.07) is 0. The number of likely N-dealkylation sites (tertiary alicyclic amines) is 1. The molecule has 1 fully saturated rings. The van der Waals surface area contributed by atoms with Crippen LogP contribution in [0.3, 0.4) is 0 Å². The van der Waals surface area contributed by atoms with Crippen molar-refractivity contribution in [1.82, 2.24) is 4.90 Å². The number of aliphatic carboxylic acids is 1. The Morgan fingerprint density at radius 3 is 2.67 bits per heavy atom. The van der Waals surface area contributed by atoms with Crippen LogP contribution in [0.1, 0.15) is 12.8 Å². The molecule has 0 aromatic rings. The van der Waals surface area contributed by atoms with Crippen molar-refractivity contribution in [2.24, 2.45) is 5.73 Å². The lowest BCUT2D eigenvalue weighted by Crippen LogP contribution is -2.50. The fraction of sp³-hybridized carbons (Fsp3) is 0.800. The summed E-state index contributed by atoms with van der Waals surface area (Å²) < 4.78 is 28.1. The van der Waals surface area contributed by atoms with Gasteiger partial charge in [-0.2, -0.15) is 0 Å². The first kappa shape index (κ1) is 14.8. The van der Waals surface area contributed by atoms with Crippen LogP contribution in [0, 0.1) is 0 Å². The third-order valence-electron chi connectivity index (χ3n) is 2.78. The van der Waals surface area contributed by atoms with Gasteiger partial charge in [0.1, 0.15) is 12.1 Å². The fourth-order valence-electron chi connectivity index (χ4n) is 1.71. The molecular formula is C10H16F2N2O4. The highest BCUT2D eigenvalue weighted by Crippen LogP contribution is 2.19. The molecule has 104 valence electrons. The SMILES string of the molecule is NC1(C(=O)O)CCN(C(=O)CCOCC(F)F)C1. The van der Waals surface area contributed by atoms with E-state index in [0.717, 1.165) is 0 Å². The van der Waals surface area contributed by atoms with Gasteiger partial charge in [-0.1, -0.05) is 0 Å². The lowest BCUT2D eigenvalue weighted by atomic mass is 10.0. The summed E-state index contributed by atoms with van der Waals surface area (Å²) in [7, 11) is 0. The maximum Gasteiger partial charge on any atom is 0.325 e. The maximum atomic E-state index is 11.7. The highest BCUT2D eigenvalue weighted by molar-refractivity contribution is 5.83. The Morgan fingerprint density at radius 1 is 1.50 bits per heavy atom. The molecule has 0 radical (unpaired) electrons. The van der Waals surface area contributed by atoms with Crippen molar-refractivity contribution in [3.05, 3.63) is 0 Å². The van der Waals surface area contributed by atoms with E-state index in [4.69, 9.17) is 10.8 Å². The zero-order valence-corrected chi connectivity index (χ0v) is 9.77. The van der Waals surface area contributed by atoms with Gasteiger partial charge in [-0.3, -0.25) is 9.59 Å². The molecule has 1 unspecified atom stereocenters. The summed E-state index contributed by atoms with van der Waals surface area (Å²) in [5.74, 6) is -1.48. The summed E-state index contributed by atoms with van der Waals surface area (Å²) in [5.41, 5.74) is 4.20. The van der Waals surface area contributed by atoms with E-state index in [2.05, 4.69) is 4.74 Å². The Bertz CT molecular complexity index is 327. The zero-order chi connectivity index (χ0) is 13.8. The van der Waals surface area contributed by atoms with Crippen LogP contribution in [0.2, 0.25) is 0 Å². The van der Waals surface area contributed by atoms with Gasteiger partial charge in [0.05, 0.1) is 13.0 Å². The maximum absolute atomic E-state index is 11.7. The molecule has 1 rings (SSSR count). The quantitative estimate of drug-likeness (QED) is 0.642. The van der Waals surface area contributed by atoms with Crippen molar-refractivity contribution in [3.8, 4) is 0 Å². The molecule has 0 saturated carbocycles. The second-order valence-electron chi connectivity index (χ2n) is 4.24. The summed E-state index contributed by atoms with van der Waals surface area (Å²) in [6.45, 7) is -0.611. The number of carboxylic acid groups (broad SMARTS) is 1. The number of carboxylic acids is 1. The van der Waals surface area contributed by atoms with Gasteiger partial charge in [0, 0.05) is 13.1 Å². The molecule has 1 aliphatic heterocycles. The molecule has 1 amide bonds. The van der Waals surface area contributed by atoms with Gasteiger partial charge in [0.15, 0.2) is 0 Å². The van der Waals surface area contributed by atoms with Crippen molar-refractivity contribution < 1.29 is 28.2 Å². The van der Waals surface area contributed by atoms with E-state index in [9.17, 15) is 18.4 Å². The van der Waals surface area contributed by atoms with Gasteiger partial charge in [-0.05, 0) is 6.42 Å². The van der Waals surface area contributed by atoms with E-state index in [0.29, 0.717) is 0 Å². The minimum Gasteiger partial charge on any atom is -0.480 e. The highest BCUT2D eigenvalue weighted by Gasteiger charge is 2.42. The number of rotatable bonds is 6. The fourth-order valence-corrected chi connectivity index (χ4v) is 1.71. The Balaban J connectivity index is 2.30. The third kappa shape index (κ3) is 3.88. The number of amides is 1. The number of nitrogens with zero attached hydrogens (tertiary/aromatic N) is 1. The smallest absolute Gasteiger partial charge is 0.325 e. The molecular weight excluding hydrogens is 250 g/mol. The molecule has 1 heterocycles. The van der Waals surface area contributed by atoms with Gasteiger partial charge in [0.25, 0.3) is 6.43 Å². The Hall–Kier alpha value is -1.28. The van der Waals surface area contributed by atoms with Gasteiger partial charge >= 0.3 is 5.97 Å². The predicted molar refractivity (Wildman–Crippen MR) is 57.2 cm³/mol. The van der Waals surface area contributed by atoms with Crippen LogP contribution in [-0.2, 0) is 14.3 Å². The van der Waals surface area contributed by atoms with Crippen molar-refractivity contribution in [3.63, 3.8) is 0 Å². The van der Waals surface area contributed by atoms with Crippen molar-refractivity contribution in [1.29, 1.82) is 0 Å². The minimum absolute atomic E-state index is 0.0532. The molecule has 0 aliphatic carbocycles. The number of ether oxygens (including phenoxy) is 1. The number of carbonyl (C=O) groups is 2. The van der Waals surface area contributed by atoms with Crippen LogP contribution in [0.5, 0.6) is 0 Å². The summed E-state index contributed by atoms with van der Waals surface area (Å²) in [6.07, 6.45) is -2.43. The number of alkyl halides is 2. The summed E-state index contributed by atoms with van der Waals surface area (Å²) in [5, 5.41) is 8.88. The van der Waals surface area contributed by atoms with Crippen LogP contribution in [0.15, 0.2) is 0 Å². The molecule has 1 aliphatic rings. The van der Waals surface area contributed by atoms with Crippen LogP contribution >= 0.6 is 0 Å². The van der Waals surface area contributed by atoms with E-state index in [1.807, 2.05) is 0 Å². The van der Waals surface area contributed by atoms with Gasteiger partial charge in [0.2, 0.25) is 5.91 Å². The summed E-state index contributed by atoms with van der Waals surface area (Å²) >= 11 is 0. The van der Waals surface area contributed by atoms with Crippen LogP contribution in [0.25, 0.3) is 0 Å². The Labute approximate surface area is 103 Å². The monoisotopic (exact) mass is 266 g/mol. The van der Waals surface area contributed by atoms with Gasteiger partial charge in [-0.25, -0.2) is 8.78 Å². The zero-order valence-electron chi connectivity index (χ0n) is 9.77. The van der Waals surface area contributed by atoms with Gasteiger partial charge in [-0.15, -0.1) is 0 Å². The molecule has 0 aromatic heterocycles. The topological polar surface area (TPSA) is 92.9 Å². The molecule has 0 bridgehead atoms. The predicted octanol–water partition coefficient (Wildman–Crippen LogP) is -0.327. The number of hydrogen-bond donors (Lipinski definition) is 2. The van der Waals surface area contributed by atoms with E-state index in [1.54, 1.807) is 0 Å². The first-order valence-corrected chi connectivity index (χ1v) is 5.51. The molecule has 8 heteroatoms. The van der Waals surface area contributed by atoms with Gasteiger partial charge < -0.3 is 20.5 Å². The summed E-state index contributed by atoms with van der Waals surface area (Å²) in [4.78, 5) is 23.8. The van der Waals surface area contributed by atoms with E-state index < -0.39 is 24.5 Å². The first-order chi connectivity index (χ1) is 8.35. The highest BCUT2D eigenvalue weighted by atomic mass is 19.3. The van der Waals surface area contributed by atoms with Crippen molar-refractivity contribution in [2.75, 3.05) is 26.3 Å². The van der Waals surface area contributed by atoms with Crippen LogP contribution < -0.4 is 5.73 Å². The lowest BCUT2D eigenvalue weighted by molar-refractivity contribution is -0.143. The standard InChI is InChI=1S/C10H16F2N2O4/c11-7(12)5-18-4-1-8(15)14-3-2-10(13,6-14)9(16)17/h7H,1-6,13H2,(H,16,17). The van der Waals surface area contributed by atoms with Crippen LogP contribution in [-0.4, -0.2) is 60.2 Å². The molecule has 1 atom stereocenters. The van der Waals surface area contributed by atoms with E-state index in [-0.39, 0.29) is 38.4 Å². The third-order valence-corrected chi connectivity index (χ3v) is 2.78. The number of hydrogen-bond acceptors (Lipinski definition) is 4. The average molecular weight is 266 g/mol. The molecule has 6 nitrogen and oxygen atoms in total. The van der Waals surface area contributed by atoms with Crippen LogP contribution in [0.4, 0.5) is 8.78 Å². The Morgan fingerprint density at radius 2 is 2.17 bits per heavy atom. The molecule has 18 heavy (non-hydrogen) atoms. The Kier molecular flexibility index (Phi) is 4.97. The molecule has 0 spiro atoms. The van der Waals surface area contributed by atoms with Crippen molar-refractivity contribution >= 4 is 11.9 Å². The number of nitrogens with two attached hydrogens (primary N) is 1. The first-order valence-electron chi connectivity index (χ1n) is 5.51. The number of carbonyl (C=O) groups excluding carboxylic acids is 1. The molecule has 3 N–H and O–H groups in total. The van der Waals surface area contributed by atoms with E-state index >= 15 is 0 Å². The largest absolute Gasteiger partial charge is 0.480 e. The second-order valence-corrected chi connectivity index (χ2v) is 4.24. The molecule has 1 saturated heterocycles. The normalized spacial score (nSPS) is 23.7. The molecule has 0 aromatic carbocycles. The van der Waals surface area contributed by atoms with E-state index in [1.165, 1.54) is 4.90 Å².